The number of carbonyl (C=O) groups excluding carboxylic acids is 2. The minimum absolute atomic E-state index is 0.285. The molecular formula is C26H27N3O5S. The Morgan fingerprint density at radius 1 is 0.857 bits per heavy atom. The molecule has 0 bridgehead atoms. The number of hydrogen-bond acceptors (Lipinski definition) is 6. The lowest BCUT2D eigenvalue weighted by atomic mass is 10.1. The lowest BCUT2D eigenvalue weighted by Crippen LogP contribution is -2.48. The first kappa shape index (κ1) is 24.6. The molecule has 1 aliphatic rings. The number of rotatable bonds is 7. The Bertz CT molecular complexity index is 1300. The molecule has 4 rings (SSSR count). The minimum atomic E-state index is -3.49. The molecule has 8 nitrogen and oxygen atoms in total. The number of sulfonamides is 1. The van der Waals surface area contributed by atoms with E-state index >= 15 is 0 Å². The highest BCUT2D eigenvalue weighted by atomic mass is 32.2. The molecule has 0 saturated carbocycles. The van der Waals surface area contributed by atoms with Gasteiger partial charge in [0.05, 0.1) is 17.6 Å². The van der Waals surface area contributed by atoms with Gasteiger partial charge in [-0.25, -0.2) is 13.2 Å². The highest BCUT2D eigenvalue weighted by Gasteiger charge is 2.28. The second kappa shape index (κ2) is 10.8. The highest BCUT2D eigenvalue weighted by Crippen LogP contribution is 2.19. The number of ether oxygens (including phenoxy) is 1. The molecule has 35 heavy (non-hydrogen) atoms. The van der Waals surface area contributed by atoms with E-state index in [0.717, 1.165) is 5.56 Å². The van der Waals surface area contributed by atoms with E-state index in [-0.39, 0.29) is 5.91 Å². The van der Waals surface area contributed by atoms with Crippen LogP contribution >= 0.6 is 0 Å². The Hall–Kier alpha value is -3.53. The van der Waals surface area contributed by atoms with Gasteiger partial charge in [-0.1, -0.05) is 36.4 Å². The molecule has 3 aromatic rings. The fourth-order valence-electron chi connectivity index (χ4n) is 3.98. The summed E-state index contributed by atoms with van der Waals surface area (Å²) >= 11 is 0. The predicted octanol–water partition coefficient (Wildman–Crippen LogP) is 3.23. The van der Waals surface area contributed by atoms with Crippen molar-refractivity contribution >= 4 is 27.6 Å². The maximum absolute atomic E-state index is 12.8. The predicted molar refractivity (Wildman–Crippen MR) is 133 cm³/mol. The van der Waals surface area contributed by atoms with E-state index in [1.54, 1.807) is 60.7 Å². The smallest absolute Gasteiger partial charge is 0.337 e. The van der Waals surface area contributed by atoms with Crippen LogP contribution < -0.4 is 5.32 Å². The molecule has 1 aliphatic heterocycles. The number of hydrogen-bond donors (Lipinski definition) is 1. The van der Waals surface area contributed by atoms with E-state index in [9.17, 15) is 18.0 Å². The SMILES string of the molecule is COC(=O)c1cccc(NC(=O)c2cccc(CN3CCN(S(=O)(=O)c4ccccc4)CC3)c2)c1. The van der Waals surface area contributed by atoms with Crippen LogP contribution in [-0.2, 0) is 21.3 Å². The van der Waals surface area contributed by atoms with E-state index in [1.807, 2.05) is 18.2 Å². The van der Waals surface area contributed by atoms with E-state index in [1.165, 1.54) is 11.4 Å². The summed E-state index contributed by atoms with van der Waals surface area (Å²) in [6.45, 7) is 2.63. The molecule has 1 heterocycles. The highest BCUT2D eigenvalue weighted by molar-refractivity contribution is 7.89. The average Bonchev–Trinajstić information content (AvgIpc) is 2.89. The van der Waals surface area contributed by atoms with Crippen molar-refractivity contribution in [2.45, 2.75) is 11.4 Å². The van der Waals surface area contributed by atoms with Gasteiger partial charge >= 0.3 is 5.97 Å². The Morgan fingerprint density at radius 2 is 1.54 bits per heavy atom. The normalized spacial score (nSPS) is 14.9. The maximum Gasteiger partial charge on any atom is 0.337 e. The standard InChI is InChI=1S/C26H27N3O5S/c1-34-26(31)22-9-6-10-23(18-22)27-25(30)21-8-5-7-20(17-21)19-28-13-15-29(16-14-28)35(32,33)24-11-3-2-4-12-24/h2-12,17-18H,13-16,19H2,1H3,(H,27,30). The van der Waals surface area contributed by atoms with Gasteiger partial charge in [0.15, 0.2) is 0 Å². The summed E-state index contributed by atoms with van der Waals surface area (Å²) in [4.78, 5) is 27.0. The lowest BCUT2D eigenvalue weighted by Gasteiger charge is -2.34. The molecule has 0 atom stereocenters. The van der Waals surface area contributed by atoms with E-state index in [2.05, 4.69) is 10.2 Å². The third-order valence-corrected chi connectivity index (χ3v) is 7.76. The number of anilines is 1. The molecule has 0 radical (unpaired) electrons. The van der Waals surface area contributed by atoms with E-state index < -0.39 is 16.0 Å². The molecule has 0 aliphatic carbocycles. The molecule has 3 aromatic carbocycles. The average molecular weight is 494 g/mol. The zero-order chi connectivity index (χ0) is 24.8. The fraction of sp³-hybridized carbons (Fsp3) is 0.231. The fourth-order valence-corrected chi connectivity index (χ4v) is 5.43. The number of nitrogens with zero attached hydrogens (tertiary/aromatic N) is 2. The number of nitrogens with one attached hydrogen (secondary N) is 1. The molecule has 1 N–H and O–H groups in total. The zero-order valence-corrected chi connectivity index (χ0v) is 20.2. The molecule has 182 valence electrons. The Balaban J connectivity index is 1.36. The number of carbonyl (C=O) groups is 2. The van der Waals surface area contributed by atoms with Crippen LogP contribution in [0.2, 0.25) is 0 Å². The lowest BCUT2D eigenvalue weighted by molar-refractivity contribution is 0.0600. The van der Waals surface area contributed by atoms with E-state index in [4.69, 9.17) is 4.74 Å². The first-order valence-electron chi connectivity index (χ1n) is 11.2. The van der Waals surface area contributed by atoms with Crippen molar-refractivity contribution in [1.82, 2.24) is 9.21 Å². The van der Waals surface area contributed by atoms with E-state index in [0.29, 0.717) is 54.4 Å². The Kier molecular flexibility index (Phi) is 7.60. The summed E-state index contributed by atoms with van der Waals surface area (Å²) in [5.41, 5.74) is 2.31. The number of piperazine rings is 1. The monoisotopic (exact) mass is 493 g/mol. The van der Waals surface area contributed by atoms with Crippen molar-refractivity contribution in [1.29, 1.82) is 0 Å². The topological polar surface area (TPSA) is 96.0 Å². The van der Waals surface area contributed by atoms with Gasteiger partial charge in [-0.15, -0.1) is 0 Å². The van der Waals surface area contributed by atoms with Crippen LogP contribution in [-0.4, -0.2) is 62.8 Å². The molecule has 1 fully saturated rings. The van der Waals surface area contributed by atoms with Gasteiger partial charge in [0.25, 0.3) is 5.91 Å². The first-order chi connectivity index (χ1) is 16.9. The molecule has 0 unspecified atom stereocenters. The van der Waals surface area contributed by atoms with Gasteiger partial charge in [0.2, 0.25) is 10.0 Å². The van der Waals surface area contributed by atoms with Crippen molar-refractivity contribution < 1.29 is 22.7 Å². The Morgan fingerprint density at radius 3 is 2.26 bits per heavy atom. The maximum atomic E-state index is 12.8. The van der Waals surface area contributed by atoms with Crippen LogP contribution in [0.1, 0.15) is 26.3 Å². The van der Waals surface area contributed by atoms with Crippen molar-refractivity contribution in [3.63, 3.8) is 0 Å². The summed E-state index contributed by atoms with van der Waals surface area (Å²) in [6.07, 6.45) is 0. The second-order valence-corrected chi connectivity index (χ2v) is 10.2. The number of methoxy groups -OCH3 is 1. The molecular weight excluding hydrogens is 466 g/mol. The molecule has 0 aromatic heterocycles. The van der Waals surface area contributed by atoms with Crippen LogP contribution in [0, 0.1) is 0 Å². The van der Waals surface area contributed by atoms with Gasteiger partial charge in [-0.3, -0.25) is 9.69 Å². The third kappa shape index (κ3) is 5.94. The summed E-state index contributed by atoms with van der Waals surface area (Å²) in [6, 6.07) is 22.4. The van der Waals surface area contributed by atoms with Gasteiger partial charge in [0, 0.05) is 44.0 Å². The van der Waals surface area contributed by atoms with Crippen molar-refractivity contribution in [3.05, 3.63) is 95.6 Å². The molecule has 1 amide bonds. The van der Waals surface area contributed by atoms with Crippen LogP contribution in [0.25, 0.3) is 0 Å². The second-order valence-electron chi connectivity index (χ2n) is 8.22. The van der Waals surface area contributed by atoms with Crippen LogP contribution in [0.5, 0.6) is 0 Å². The largest absolute Gasteiger partial charge is 0.465 e. The van der Waals surface area contributed by atoms with Gasteiger partial charge < -0.3 is 10.1 Å². The quantitative estimate of drug-likeness (QED) is 0.508. The Labute approximate surface area is 205 Å². The van der Waals surface area contributed by atoms with Crippen molar-refractivity contribution in [3.8, 4) is 0 Å². The summed E-state index contributed by atoms with van der Waals surface area (Å²) in [7, 11) is -2.18. The summed E-state index contributed by atoms with van der Waals surface area (Å²) < 4.78 is 31.9. The first-order valence-corrected chi connectivity index (χ1v) is 12.7. The van der Waals surface area contributed by atoms with Crippen LogP contribution in [0.15, 0.2) is 83.8 Å². The van der Waals surface area contributed by atoms with Crippen molar-refractivity contribution in [2.75, 3.05) is 38.6 Å². The van der Waals surface area contributed by atoms with Gasteiger partial charge in [0.1, 0.15) is 0 Å². The van der Waals surface area contributed by atoms with Crippen molar-refractivity contribution in [2.24, 2.45) is 0 Å². The van der Waals surface area contributed by atoms with Crippen LogP contribution in [0.4, 0.5) is 5.69 Å². The van der Waals surface area contributed by atoms with Gasteiger partial charge in [-0.2, -0.15) is 4.31 Å². The third-order valence-electron chi connectivity index (χ3n) is 5.85. The molecule has 0 spiro atoms. The molecule has 9 heteroatoms. The van der Waals surface area contributed by atoms with Crippen LogP contribution in [0.3, 0.4) is 0 Å². The molecule has 1 saturated heterocycles. The van der Waals surface area contributed by atoms with Gasteiger partial charge in [-0.05, 0) is 48.0 Å². The zero-order valence-electron chi connectivity index (χ0n) is 19.4. The number of benzene rings is 3. The summed E-state index contributed by atoms with van der Waals surface area (Å²) in [5.74, 6) is -0.757. The number of esters is 1. The minimum Gasteiger partial charge on any atom is -0.465 e. The summed E-state index contributed by atoms with van der Waals surface area (Å²) in [5, 5.41) is 2.81. The number of amides is 1.